The molecule has 0 aromatic carbocycles. The first-order valence-corrected chi connectivity index (χ1v) is 4.92. The van der Waals surface area contributed by atoms with E-state index in [2.05, 4.69) is 4.90 Å². The van der Waals surface area contributed by atoms with Crippen LogP contribution in [0.5, 0.6) is 0 Å². The molecule has 0 atom stereocenters. The van der Waals surface area contributed by atoms with E-state index in [9.17, 15) is 0 Å². The second-order valence-electron chi connectivity index (χ2n) is 3.44. The summed E-state index contributed by atoms with van der Waals surface area (Å²) in [7, 11) is 0. The summed E-state index contributed by atoms with van der Waals surface area (Å²) in [6.07, 6.45) is 2.84. The quantitative estimate of drug-likeness (QED) is 0.493. The largest absolute Gasteiger partial charge is 0.388 e. The van der Waals surface area contributed by atoms with Crippen LogP contribution < -0.4 is 5.73 Å². The minimum absolute atomic E-state index is 0.297. The van der Waals surface area contributed by atoms with Gasteiger partial charge >= 0.3 is 0 Å². The van der Waals surface area contributed by atoms with Crippen molar-refractivity contribution in [2.75, 3.05) is 32.8 Å². The van der Waals surface area contributed by atoms with Crippen molar-refractivity contribution in [1.29, 1.82) is 5.41 Å². The zero-order chi connectivity index (χ0) is 9.52. The summed E-state index contributed by atoms with van der Waals surface area (Å²) in [5.41, 5.74) is 5.28. The number of amidine groups is 1. The van der Waals surface area contributed by atoms with Gasteiger partial charge in [-0.15, -0.1) is 0 Å². The third kappa shape index (κ3) is 4.85. The van der Waals surface area contributed by atoms with Gasteiger partial charge in [-0.05, 0) is 19.4 Å². The van der Waals surface area contributed by atoms with E-state index in [1.54, 1.807) is 0 Å². The lowest BCUT2D eigenvalue weighted by atomic mass is 10.2. The molecule has 4 heteroatoms. The first-order valence-electron chi connectivity index (χ1n) is 4.92. The lowest BCUT2D eigenvalue weighted by molar-refractivity contribution is 0.141. The summed E-state index contributed by atoms with van der Waals surface area (Å²) in [6.45, 7) is 4.93. The second-order valence-corrected chi connectivity index (χ2v) is 3.44. The summed E-state index contributed by atoms with van der Waals surface area (Å²) in [5, 5.41) is 7.09. The zero-order valence-corrected chi connectivity index (χ0v) is 8.09. The molecule has 0 radical (unpaired) electrons. The standard InChI is InChI=1S/C9H19N3O/c10-9(11)3-1-4-12-5-2-7-13-8-6-12/h1-8H2,(H3,10,11). The molecule has 0 unspecified atom stereocenters. The Labute approximate surface area is 79.6 Å². The van der Waals surface area contributed by atoms with Crippen molar-refractivity contribution < 1.29 is 4.74 Å². The van der Waals surface area contributed by atoms with Gasteiger partial charge in [0.15, 0.2) is 0 Å². The molecule has 0 aromatic rings. The van der Waals surface area contributed by atoms with Crippen molar-refractivity contribution in [1.82, 2.24) is 4.90 Å². The molecular weight excluding hydrogens is 166 g/mol. The van der Waals surface area contributed by atoms with Gasteiger partial charge in [0.05, 0.1) is 12.4 Å². The third-order valence-electron chi connectivity index (χ3n) is 2.24. The molecular formula is C9H19N3O. The van der Waals surface area contributed by atoms with Gasteiger partial charge in [0.25, 0.3) is 0 Å². The molecule has 4 nitrogen and oxygen atoms in total. The Morgan fingerprint density at radius 3 is 3.00 bits per heavy atom. The molecule has 1 aliphatic rings. The van der Waals surface area contributed by atoms with Crippen LogP contribution in [0.15, 0.2) is 0 Å². The van der Waals surface area contributed by atoms with Crippen LogP contribution in [-0.4, -0.2) is 43.6 Å². The Kier molecular flexibility index (Phi) is 4.78. The van der Waals surface area contributed by atoms with Gasteiger partial charge in [-0.3, -0.25) is 5.41 Å². The molecule has 0 amide bonds. The van der Waals surface area contributed by atoms with Gasteiger partial charge in [0.2, 0.25) is 0 Å². The van der Waals surface area contributed by atoms with Crippen LogP contribution in [0.2, 0.25) is 0 Å². The highest BCUT2D eigenvalue weighted by atomic mass is 16.5. The average molecular weight is 185 g/mol. The van der Waals surface area contributed by atoms with Crippen LogP contribution in [0.1, 0.15) is 19.3 Å². The SMILES string of the molecule is N=C(N)CCCN1CCCOCC1. The van der Waals surface area contributed by atoms with Crippen molar-refractivity contribution in [3.63, 3.8) is 0 Å². The molecule has 1 saturated heterocycles. The predicted octanol–water partition coefficient (Wildman–Crippen LogP) is 0.425. The highest BCUT2D eigenvalue weighted by Crippen LogP contribution is 2.01. The fraction of sp³-hybridized carbons (Fsp3) is 0.889. The number of rotatable bonds is 4. The summed E-state index contributed by atoms with van der Waals surface area (Å²) < 4.78 is 5.34. The number of nitrogens with one attached hydrogen (secondary N) is 1. The summed E-state index contributed by atoms with van der Waals surface area (Å²) in [6, 6.07) is 0. The number of hydrogen-bond donors (Lipinski definition) is 2. The Bertz CT molecular complexity index is 153. The lowest BCUT2D eigenvalue weighted by Gasteiger charge is -2.18. The van der Waals surface area contributed by atoms with E-state index < -0.39 is 0 Å². The van der Waals surface area contributed by atoms with Crippen molar-refractivity contribution in [3.8, 4) is 0 Å². The van der Waals surface area contributed by atoms with Crippen molar-refractivity contribution >= 4 is 5.84 Å². The van der Waals surface area contributed by atoms with E-state index in [1.807, 2.05) is 0 Å². The molecule has 1 aliphatic heterocycles. The maximum absolute atomic E-state index is 7.09. The molecule has 3 N–H and O–H groups in total. The predicted molar refractivity (Wildman–Crippen MR) is 53.0 cm³/mol. The monoisotopic (exact) mass is 185 g/mol. The number of ether oxygens (including phenoxy) is 1. The van der Waals surface area contributed by atoms with Crippen LogP contribution in [-0.2, 0) is 4.74 Å². The van der Waals surface area contributed by atoms with E-state index >= 15 is 0 Å². The number of nitrogens with two attached hydrogens (primary N) is 1. The molecule has 0 aromatic heterocycles. The second kappa shape index (κ2) is 5.94. The van der Waals surface area contributed by atoms with E-state index in [-0.39, 0.29) is 0 Å². The fourth-order valence-electron chi connectivity index (χ4n) is 1.51. The Morgan fingerprint density at radius 1 is 1.38 bits per heavy atom. The fourth-order valence-corrected chi connectivity index (χ4v) is 1.51. The van der Waals surface area contributed by atoms with Crippen LogP contribution in [0.25, 0.3) is 0 Å². The number of nitrogens with zero attached hydrogens (tertiary/aromatic N) is 1. The van der Waals surface area contributed by atoms with Gasteiger partial charge < -0.3 is 15.4 Å². The zero-order valence-electron chi connectivity index (χ0n) is 8.09. The van der Waals surface area contributed by atoms with E-state index in [1.165, 1.54) is 0 Å². The molecule has 0 bridgehead atoms. The molecule has 1 fully saturated rings. The summed E-state index contributed by atoms with van der Waals surface area (Å²) >= 11 is 0. The first-order chi connectivity index (χ1) is 6.29. The van der Waals surface area contributed by atoms with E-state index in [0.29, 0.717) is 5.84 Å². The summed E-state index contributed by atoms with van der Waals surface area (Å²) in [5.74, 6) is 0.297. The summed E-state index contributed by atoms with van der Waals surface area (Å²) in [4.78, 5) is 2.38. The Hall–Kier alpha value is -0.610. The maximum Gasteiger partial charge on any atom is 0.0905 e. The Morgan fingerprint density at radius 2 is 2.23 bits per heavy atom. The van der Waals surface area contributed by atoms with Gasteiger partial charge in [0, 0.05) is 26.1 Å². The van der Waals surface area contributed by atoms with Crippen LogP contribution in [0.4, 0.5) is 0 Å². The van der Waals surface area contributed by atoms with Crippen LogP contribution >= 0.6 is 0 Å². The van der Waals surface area contributed by atoms with Crippen molar-refractivity contribution in [2.24, 2.45) is 5.73 Å². The normalized spacial score (nSPS) is 19.7. The molecule has 0 aliphatic carbocycles. The third-order valence-corrected chi connectivity index (χ3v) is 2.24. The number of hydrogen-bond acceptors (Lipinski definition) is 3. The topological polar surface area (TPSA) is 62.3 Å². The van der Waals surface area contributed by atoms with E-state index in [4.69, 9.17) is 15.9 Å². The average Bonchev–Trinajstić information content (AvgIpc) is 2.32. The first kappa shape index (κ1) is 10.5. The lowest BCUT2D eigenvalue weighted by Crippen LogP contribution is -2.28. The van der Waals surface area contributed by atoms with E-state index in [0.717, 1.165) is 52.1 Å². The minimum atomic E-state index is 0.297. The molecule has 0 spiro atoms. The van der Waals surface area contributed by atoms with Gasteiger partial charge in [-0.2, -0.15) is 0 Å². The molecule has 1 heterocycles. The van der Waals surface area contributed by atoms with Gasteiger partial charge in [0.1, 0.15) is 0 Å². The Balaban J connectivity index is 2.08. The minimum Gasteiger partial charge on any atom is -0.388 e. The smallest absolute Gasteiger partial charge is 0.0905 e. The highest BCUT2D eigenvalue weighted by Gasteiger charge is 2.07. The molecule has 76 valence electrons. The van der Waals surface area contributed by atoms with Crippen molar-refractivity contribution in [2.45, 2.75) is 19.3 Å². The van der Waals surface area contributed by atoms with Crippen molar-refractivity contribution in [3.05, 3.63) is 0 Å². The molecule has 0 saturated carbocycles. The van der Waals surface area contributed by atoms with Gasteiger partial charge in [-0.1, -0.05) is 0 Å². The highest BCUT2D eigenvalue weighted by molar-refractivity contribution is 5.76. The van der Waals surface area contributed by atoms with Gasteiger partial charge in [-0.25, -0.2) is 0 Å². The van der Waals surface area contributed by atoms with Crippen LogP contribution in [0.3, 0.4) is 0 Å². The molecule has 1 rings (SSSR count). The van der Waals surface area contributed by atoms with Crippen LogP contribution in [0, 0.1) is 5.41 Å². The molecule has 13 heavy (non-hydrogen) atoms. The maximum atomic E-state index is 7.09.